The number of amides is 1. The highest BCUT2D eigenvalue weighted by molar-refractivity contribution is 6.06. The number of rotatable bonds is 6. The summed E-state index contributed by atoms with van der Waals surface area (Å²) in [6.45, 7) is 1.71. The Labute approximate surface area is 199 Å². The summed E-state index contributed by atoms with van der Waals surface area (Å²) in [6, 6.07) is 15.7. The Balaban J connectivity index is 1.65. The lowest BCUT2D eigenvalue weighted by atomic mass is 9.93. The second-order valence-corrected chi connectivity index (χ2v) is 7.72. The van der Waals surface area contributed by atoms with Crippen molar-refractivity contribution in [3.05, 3.63) is 93.9 Å². The summed E-state index contributed by atoms with van der Waals surface area (Å²) in [5, 5.41) is 22.4. The van der Waals surface area contributed by atoms with Crippen molar-refractivity contribution < 1.29 is 18.9 Å². The van der Waals surface area contributed by atoms with E-state index >= 15 is 0 Å². The van der Waals surface area contributed by atoms with Gasteiger partial charge in [-0.3, -0.25) is 14.9 Å². The van der Waals surface area contributed by atoms with E-state index in [2.05, 4.69) is 20.7 Å². The molecule has 1 amide bonds. The van der Waals surface area contributed by atoms with E-state index in [1.807, 2.05) is 0 Å². The summed E-state index contributed by atoms with van der Waals surface area (Å²) in [7, 11) is 1.51. The van der Waals surface area contributed by atoms with Gasteiger partial charge < -0.3 is 19.8 Å². The number of benzene rings is 2. The topological polar surface area (TPSA) is 137 Å². The third kappa shape index (κ3) is 3.88. The van der Waals surface area contributed by atoms with Gasteiger partial charge in [-0.25, -0.2) is 4.68 Å². The number of nitro groups is 1. The Morgan fingerprint density at radius 3 is 2.69 bits per heavy atom. The maximum atomic E-state index is 13.6. The van der Waals surface area contributed by atoms with E-state index in [1.165, 1.54) is 24.1 Å². The predicted molar refractivity (Wildman–Crippen MR) is 127 cm³/mol. The number of furan rings is 1. The molecule has 11 nitrogen and oxygen atoms in total. The number of fused-ring (bicyclic) bond motifs is 1. The van der Waals surface area contributed by atoms with E-state index in [1.54, 1.807) is 61.5 Å². The maximum absolute atomic E-state index is 13.6. The fraction of sp³-hybridized carbons (Fsp3) is 0.125. The van der Waals surface area contributed by atoms with Gasteiger partial charge in [0.25, 0.3) is 11.6 Å². The van der Waals surface area contributed by atoms with E-state index < -0.39 is 16.9 Å². The highest BCUT2D eigenvalue weighted by Gasteiger charge is 2.38. The van der Waals surface area contributed by atoms with E-state index in [4.69, 9.17) is 9.15 Å². The van der Waals surface area contributed by atoms with Gasteiger partial charge in [0, 0.05) is 11.8 Å². The number of hydrogen-bond acceptors (Lipinski definition) is 8. The first-order valence-corrected chi connectivity index (χ1v) is 10.6. The van der Waals surface area contributed by atoms with Crippen LogP contribution in [0.1, 0.15) is 18.5 Å². The Bertz CT molecular complexity index is 1460. The zero-order valence-corrected chi connectivity index (χ0v) is 18.8. The van der Waals surface area contributed by atoms with E-state index in [0.29, 0.717) is 34.4 Å². The van der Waals surface area contributed by atoms with Gasteiger partial charge in [-0.05, 0) is 37.3 Å². The Morgan fingerprint density at radius 1 is 1.17 bits per heavy atom. The molecule has 11 heteroatoms. The molecule has 2 N–H and O–H groups in total. The molecule has 0 aliphatic carbocycles. The van der Waals surface area contributed by atoms with Crippen LogP contribution in [0.15, 0.2) is 82.6 Å². The molecule has 1 atom stereocenters. The van der Waals surface area contributed by atoms with Gasteiger partial charge in [0.1, 0.15) is 11.8 Å². The minimum atomic E-state index is -0.932. The van der Waals surface area contributed by atoms with Crippen LogP contribution in [-0.2, 0) is 4.79 Å². The first-order valence-electron chi connectivity index (χ1n) is 10.6. The van der Waals surface area contributed by atoms with Gasteiger partial charge in [-0.2, -0.15) is 4.98 Å². The zero-order valence-electron chi connectivity index (χ0n) is 18.8. The summed E-state index contributed by atoms with van der Waals surface area (Å²) in [6.07, 6.45) is 1.50. The minimum Gasteiger partial charge on any atom is -0.495 e. The SMILES string of the molecule is COc1ccccc1NC(=O)C1=C(C)Nc2nc(-c3ccco3)nn2[C@H]1c1ccccc1[N+](=O)[O-]. The first kappa shape index (κ1) is 21.9. The highest BCUT2D eigenvalue weighted by atomic mass is 16.6. The van der Waals surface area contributed by atoms with Crippen LogP contribution in [0.2, 0.25) is 0 Å². The average Bonchev–Trinajstić information content (AvgIpc) is 3.53. The number of carbonyl (C=O) groups excluding carboxylic acids is 1. The normalized spacial score (nSPS) is 14.7. The number of nitrogens with zero attached hydrogens (tertiary/aromatic N) is 4. The molecule has 0 saturated carbocycles. The Kier molecular flexibility index (Phi) is 5.49. The monoisotopic (exact) mass is 472 g/mol. The molecule has 3 heterocycles. The van der Waals surface area contributed by atoms with Crippen LogP contribution in [0, 0.1) is 10.1 Å². The number of allylic oxidation sites excluding steroid dienone is 1. The van der Waals surface area contributed by atoms with Gasteiger partial charge in [-0.15, -0.1) is 5.10 Å². The lowest BCUT2D eigenvalue weighted by Gasteiger charge is -2.28. The van der Waals surface area contributed by atoms with E-state index in [-0.39, 0.29) is 17.1 Å². The van der Waals surface area contributed by atoms with Crippen molar-refractivity contribution in [1.29, 1.82) is 0 Å². The summed E-state index contributed by atoms with van der Waals surface area (Å²) in [4.78, 5) is 29.5. The second-order valence-electron chi connectivity index (χ2n) is 7.72. The van der Waals surface area contributed by atoms with Crippen molar-refractivity contribution in [2.45, 2.75) is 13.0 Å². The van der Waals surface area contributed by atoms with Crippen molar-refractivity contribution in [3.8, 4) is 17.3 Å². The molecule has 176 valence electrons. The average molecular weight is 472 g/mol. The number of ether oxygens (including phenoxy) is 1. The molecule has 2 aromatic heterocycles. The maximum Gasteiger partial charge on any atom is 0.275 e. The molecule has 2 aromatic carbocycles. The predicted octanol–water partition coefficient (Wildman–Crippen LogP) is 4.38. The number of methoxy groups -OCH3 is 1. The molecule has 0 radical (unpaired) electrons. The van der Waals surface area contributed by atoms with Crippen LogP contribution in [0.25, 0.3) is 11.6 Å². The van der Waals surface area contributed by atoms with Crippen molar-refractivity contribution >= 4 is 23.2 Å². The third-order valence-electron chi connectivity index (χ3n) is 5.62. The molecular formula is C24H20N6O5. The zero-order chi connectivity index (χ0) is 24.5. The van der Waals surface area contributed by atoms with Crippen LogP contribution in [0.3, 0.4) is 0 Å². The lowest BCUT2D eigenvalue weighted by molar-refractivity contribution is -0.385. The van der Waals surface area contributed by atoms with Gasteiger partial charge in [0.05, 0.1) is 35.1 Å². The lowest BCUT2D eigenvalue weighted by Crippen LogP contribution is -2.32. The number of aromatic nitrogens is 3. The first-order chi connectivity index (χ1) is 17.0. The second kappa shape index (κ2) is 8.78. The third-order valence-corrected chi connectivity index (χ3v) is 5.62. The number of anilines is 2. The molecule has 5 rings (SSSR count). The largest absolute Gasteiger partial charge is 0.495 e. The summed E-state index contributed by atoms with van der Waals surface area (Å²) in [5.41, 5.74) is 1.33. The Hall–Kier alpha value is -4.93. The minimum absolute atomic E-state index is 0.143. The van der Waals surface area contributed by atoms with Crippen molar-refractivity contribution in [2.75, 3.05) is 17.7 Å². The fourth-order valence-corrected chi connectivity index (χ4v) is 4.07. The fourth-order valence-electron chi connectivity index (χ4n) is 4.07. The van der Waals surface area contributed by atoms with Crippen molar-refractivity contribution in [1.82, 2.24) is 14.8 Å². The number of nitrogens with one attached hydrogen (secondary N) is 2. The molecule has 0 fully saturated rings. The summed E-state index contributed by atoms with van der Waals surface area (Å²) in [5.74, 6) is 1.04. The molecule has 0 saturated heterocycles. The van der Waals surface area contributed by atoms with Crippen LogP contribution < -0.4 is 15.4 Å². The van der Waals surface area contributed by atoms with Gasteiger partial charge in [0.2, 0.25) is 11.8 Å². The van der Waals surface area contributed by atoms with Crippen LogP contribution in [-0.4, -0.2) is 32.7 Å². The molecule has 0 spiro atoms. The van der Waals surface area contributed by atoms with E-state index in [0.717, 1.165) is 0 Å². The number of nitro benzene ring substituents is 1. The van der Waals surface area contributed by atoms with Gasteiger partial charge in [-0.1, -0.05) is 24.3 Å². The molecule has 0 bridgehead atoms. The smallest absolute Gasteiger partial charge is 0.275 e. The van der Waals surface area contributed by atoms with Crippen LogP contribution in [0.4, 0.5) is 17.3 Å². The molecular weight excluding hydrogens is 452 g/mol. The van der Waals surface area contributed by atoms with Crippen molar-refractivity contribution in [3.63, 3.8) is 0 Å². The number of hydrogen-bond donors (Lipinski definition) is 2. The van der Waals surface area contributed by atoms with Crippen LogP contribution >= 0.6 is 0 Å². The highest BCUT2D eigenvalue weighted by Crippen LogP contribution is 2.40. The molecule has 1 aliphatic heterocycles. The van der Waals surface area contributed by atoms with Crippen molar-refractivity contribution in [2.24, 2.45) is 0 Å². The molecule has 35 heavy (non-hydrogen) atoms. The van der Waals surface area contributed by atoms with Gasteiger partial charge >= 0.3 is 0 Å². The standard InChI is InChI=1S/C24H20N6O5/c1-14-20(23(31)26-16-9-4-6-11-18(16)34-2)21(15-8-3-5-10-17(15)30(32)33)29-24(25-14)27-22(28-29)19-12-7-13-35-19/h3-13,21H,1-2H3,(H,26,31)(H,25,27,28)/t21-/m0/s1. The molecule has 0 unspecified atom stereocenters. The molecule has 4 aromatic rings. The number of carbonyl (C=O) groups is 1. The van der Waals surface area contributed by atoms with E-state index in [9.17, 15) is 14.9 Å². The summed E-state index contributed by atoms with van der Waals surface area (Å²) < 4.78 is 12.2. The van der Waals surface area contributed by atoms with Crippen LogP contribution in [0.5, 0.6) is 5.75 Å². The summed E-state index contributed by atoms with van der Waals surface area (Å²) >= 11 is 0. The Morgan fingerprint density at radius 2 is 1.94 bits per heavy atom. The number of para-hydroxylation sites is 3. The quantitative estimate of drug-likeness (QED) is 0.311. The molecule has 1 aliphatic rings. The van der Waals surface area contributed by atoms with Gasteiger partial charge in [0.15, 0.2) is 5.76 Å².